The highest BCUT2D eigenvalue weighted by Crippen LogP contribution is 2.29. The maximum absolute atomic E-state index is 13.6. The highest BCUT2D eigenvalue weighted by atomic mass is 32.1. The van der Waals surface area contributed by atoms with Crippen LogP contribution in [0.2, 0.25) is 0 Å². The molecule has 36 heavy (non-hydrogen) atoms. The standard InChI is InChI=1S/C28H27N3O4S/c1-5-14-29-25(32)24(26(33)31(28(29)36)22-11-7-6-8-12-22)17-21-15-18(2)30(19(21)3)23-13-9-10-20(16-23)27(34)35-4/h6-13,15-17H,5,14H2,1-4H3/b24-17+. The molecule has 0 unspecified atom stereocenters. The summed E-state index contributed by atoms with van der Waals surface area (Å²) in [4.78, 5) is 41.9. The van der Waals surface area contributed by atoms with Crippen LogP contribution in [0, 0.1) is 13.8 Å². The molecule has 0 saturated carbocycles. The van der Waals surface area contributed by atoms with Crippen LogP contribution in [0.5, 0.6) is 0 Å². The second kappa shape index (κ2) is 10.3. The molecule has 1 fully saturated rings. The molecule has 3 aromatic rings. The number of esters is 1. The summed E-state index contributed by atoms with van der Waals surface area (Å²) in [5, 5.41) is 0.181. The fraction of sp³-hybridized carbons (Fsp3) is 0.214. The number of anilines is 1. The lowest BCUT2D eigenvalue weighted by molar-refractivity contribution is -0.127. The van der Waals surface area contributed by atoms with E-state index in [1.54, 1.807) is 36.4 Å². The van der Waals surface area contributed by atoms with Crippen LogP contribution in [0.3, 0.4) is 0 Å². The molecule has 0 atom stereocenters. The monoisotopic (exact) mass is 501 g/mol. The van der Waals surface area contributed by atoms with Crippen molar-refractivity contribution in [2.75, 3.05) is 18.6 Å². The number of aryl methyl sites for hydroxylation is 1. The van der Waals surface area contributed by atoms with E-state index in [9.17, 15) is 14.4 Å². The first kappa shape index (κ1) is 25.1. The second-order valence-electron chi connectivity index (χ2n) is 8.48. The average Bonchev–Trinajstić information content (AvgIpc) is 3.17. The van der Waals surface area contributed by atoms with Crippen molar-refractivity contribution in [3.8, 4) is 5.69 Å². The highest BCUT2D eigenvalue weighted by molar-refractivity contribution is 7.80. The van der Waals surface area contributed by atoms with Gasteiger partial charge in [-0.1, -0.05) is 31.2 Å². The number of rotatable bonds is 6. The maximum atomic E-state index is 13.6. The SMILES string of the molecule is CCCN1C(=O)/C(=C\c2cc(C)n(-c3cccc(C(=O)OC)c3)c2C)C(=O)N(c2ccccc2)C1=S. The number of carbonyl (C=O) groups is 3. The summed E-state index contributed by atoms with van der Waals surface area (Å²) in [7, 11) is 1.34. The Hall–Kier alpha value is -4.04. The number of para-hydroxylation sites is 1. The van der Waals surface area contributed by atoms with E-state index in [0.717, 1.165) is 22.6 Å². The van der Waals surface area contributed by atoms with Gasteiger partial charge in [0.25, 0.3) is 11.8 Å². The van der Waals surface area contributed by atoms with Crippen LogP contribution in [0.25, 0.3) is 11.8 Å². The first-order chi connectivity index (χ1) is 17.3. The van der Waals surface area contributed by atoms with Gasteiger partial charge >= 0.3 is 5.97 Å². The topological polar surface area (TPSA) is 71.9 Å². The van der Waals surface area contributed by atoms with Crippen molar-refractivity contribution < 1.29 is 19.1 Å². The summed E-state index contributed by atoms with van der Waals surface area (Å²) in [5.74, 6) is -1.29. The van der Waals surface area contributed by atoms with Crippen LogP contribution in [-0.2, 0) is 14.3 Å². The molecule has 0 aliphatic carbocycles. The summed E-state index contributed by atoms with van der Waals surface area (Å²) >= 11 is 5.57. The fourth-order valence-corrected chi connectivity index (χ4v) is 4.74. The smallest absolute Gasteiger partial charge is 0.337 e. The molecule has 0 radical (unpaired) electrons. The van der Waals surface area contributed by atoms with E-state index in [1.807, 2.05) is 55.7 Å². The molecule has 0 N–H and O–H groups in total. The minimum atomic E-state index is -0.457. The Labute approximate surface area is 215 Å². The molecular weight excluding hydrogens is 474 g/mol. The Morgan fingerprint density at radius 3 is 2.33 bits per heavy atom. The van der Waals surface area contributed by atoms with Crippen LogP contribution in [-0.4, -0.2) is 46.0 Å². The summed E-state index contributed by atoms with van der Waals surface area (Å²) < 4.78 is 6.82. The van der Waals surface area contributed by atoms with Crippen molar-refractivity contribution in [1.82, 2.24) is 9.47 Å². The molecule has 2 amide bonds. The van der Waals surface area contributed by atoms with Crippen molar-refractivity contribution in [2.24, 2.45) is 0 Å². The lowest BCUT2D eigenvalue weighted by Gasteiger charge is -2.36. The molecule has 1 aromatic heterocycles. The summed E-state index contributed by atoms with van der Waals surface area (Å²) in [5.41, 5.74) is 4.30. The number of methoxy groups -OCH3 is 1. The number of carbonyl (C=O) groups excluding carboxylic acids is 3. The predicted octanol–water partition coefficient (Wildman–Crippen LogP) is 4.83. The normalized spacial score (nSPS) is 15.1. The number of ether oxygens (including phenoxy) is 1. The van der Waals surface area contributed by atoms with Gasteiger partial charge in [-0.25, -0.2) is 4.79 Å². The molecule has 1 aliphatic heterocycles. The highest BCUT2D eigenvalue weighted by Gasteiger charge is 2.40. The van der Waals surface area contributed by atoms with Crippen LogP contribution in [0.1, 0.15) is 40.7 Å². The zero-order chi connectivity index (χ0) is 26.0. The number of hydrogen-bond acceptors (Lipinski definition) is 5. The second-order valence-corrected chi connectivity index (χ2v) is 8.84. The van der Waals surface area contributed by atoms with Gasteiger partial charge in [-0.15, -0.1) is 0 Å². The zero-order valence-electron chi connectivity index (χ0n) is 20.6. The van der Waals surface area contributed by atoms with Crippen LogP contribution in [0.15, 0.2) is 66.2 Å². The quantitative estimate of drug-likeness (QED) is 0.209. The molecule has 7 nitrogen and oxygen atoms in total. The summed E-state index contributed by atoms with van der Waals surface area (Å²) in [6.07, 6.45) is 2.33. The van der Waals surface area contributed by atoms with Gasteiger partial charge in [0.05, 0.1) is 18.4 Å². The largest absolute Gasteiger partial charge is 0.465 e. The number of nitrogens with zero attached hydrogens (tertiary/aromatic N) is 3. The summed E-state index contributed by atoms with van der Waals surface area (Å²) in [6.45, 7) is 6.20. The Kier molecular flexibility index (Phi) is 7.17. The van der Waals surface area contributed by atoms with Crippen LogP contribution in [0.4, 0.5) is 5.69 Å². The van der Waals surface area contributed by atoms with Gasteiger partial charge in [-0.05, 0) is 80.5 Å². The molecule has 2 heterocycles. The minimum Gasteiger partial charge on any atom is -0.465 e. The number of benzene rings is 2. The Bertz CT molecular complexity index is 1390. The molecule has 4 rings (SSSR count). The van der Waals surface area contributed by atoms with E-state index in [1.165, 1.54) is 16.9 Å². The molecule has 0 bridgehead atoms. The Balaban J connectivity index is 1.81. The molecular formula is C28H27N3O4S. The van der Waals surface area contributed by atoms with E-state index in [0.29, 0.717) is 24.2 Å². The average molecular weight is 502 g/mol. The molecule has 8 heteroatoms. The Morgan fingerprint density at radius 2 is 1.67 bits per heavy atom. The number of amides is 2. The molecule has 2 aromatic carbocycles. The zero-order valence-corrected chi connectivity index (χ0v) is 21.5. The van der Waals surface area contributed by atoms with Gasteiger partial charge in [0, 0.05) is 23.6 Å². The number of hydrogen-bond donors (Lipinski definition) is 0. The van der Waals surface area contributed by atoms with Crippen molar-refractivity contribution in [3.63, 3.8) is 0 Å². The van der Waals surface area contributed by atoms with Gasteiger partial charge in [0.2, 0.25) is 0 Å². The van der Waals surface area contributed by atoms with Crippen molar-refractivity contribution >= 4 is 46.9 Å². The van der Waals surface area contributed by atoms with Crippen LogP contribution < -0.4 is 4.90 Å². The third-order valence-electron chi connectivity index (χ3n) is 6.09. The van der Waals surface area contributed by atoms with Gasteiger partial charge in [-0.3, -0.25) is 19.4 Å². The number of thiocarbonyl (C=S) groups is 1. The van der Waals surface area contributed by atoms with Crippen molar-refractivity contribution in [3.05, 3.63) is 88.8 Å². The minimum absolute atomic E-state index is 0.0458. The lowest BCUT2D eigenvalue weighted by Crippen LogP contribution is -2.56. The lowest BCUT2D eigenvalue weighted by atomic mass is 10.1. The third kappa shape index (κ3) is 4.47. The maximum Gasteiger partial charge on any atom is 0.337 e. The Morgan fingerprint density at radius 1 is 0.972 bits per heavy atom. The fourth-order valence-electron chi connectivity index (χ4n) is 4.38. The third-order valence-corrected chi connectivity index (χ3v) is 6.49. The first-order valence-electron chi connectivity index (χ1n) is 11.6. The molecule has 1 saturated heterocycles. The first-order valence-corrected chi connectivity index (χ1v) is 12.0. The molecule has 184 valence electrons. The van der Waals surface area contributed by atoms with Crippen molar-refractivity contribution in [2.45, 2.75) is 27.2 Å². The van der Waals surface area contributed by atoms with E-state index < -0.39 is 17.8 Å². The summed E-state index contributed by atoms with van der Waals surface area (Å²) in [6, 6.07) is 18.1. The van der Waals surface area contributed by atoms with Crippen LogP contribution >= 0.6 is 12.2 Å². The molecule has 1 aliphatic rings. The van der Waals surface area contributed by atoms with Gasteiger partial charge in [0.15, 0.2) is 5.11 Å². The van der Waals surface area contributed by atoms with E-state index in [-0.39, 0.29) is 10.7 Å². The van der Waals surface area contributed by atoms with Crippen molar-refractivity contribution in [1.29, 1.82) is 0 Å². The van der Waals surface area contributed by atoms with Gasteiger partial charge < -0.3 is 9.30 Å². The van der Waals surface area contributed by atoms with Gasteiger partial charge in [-0.2, -0.15) is 0 Å². The molecule has 0 spiro atoms. The number of aromatic nitrogens is 1. The van der Waals surface area contributed by atoms with Gasteiger partial charge in [0.1, 0.15) is 5.57 Å². The van der Waals surface area contributed by atoms with E-state index in [4.69, 9.17) is 17.0 Å². The van der Waals surface area contributed by atoms with E-state index in [2.05, 4.69) is 0 Å². The predicted molar refractivity (Wildman–Crippen MR) is 143 cm³/mol. The van der Waals surface area contributed by atoms with E-state index >= 15 is 0 Å².